The van der Waals surface area contributed by atoms with Crippen LogP contribution >= 0.6 is 15.9 Å². The average molecular weight is 383 g/mol. The third-order valence-electron chi connectivity index (χ3n) is 3.39. The summed E-state index contributed by atoms with van der Waals surface area (Å²) < 4.78 is 41.1. The number of halogens is 4. The Morgan fingerprint density at radius 2 is 2.00 bits per heavy atom. The normalized spacial score (nSPS) is 22.2. The fraction of sp³-hybridized carbons (Fsp3) is 0.583. The summed E-state index contributed by atoms with van der Waals surface area (Å²) >= 11 is 3.27. The summed E-state index contributed by atoms with van der Waals surface area (Å²) in [5.41, 5.74) is -2.07. The van der Waals surface area contributed by atoms with Crippen molar-refractivity contribution in [2.24, 2.45) is 5.10 Å². The van der Waals surface area contributed by atoms with Crippen molar-refractivity contribution in [2.45, 2.75) is 45.6 Å². The third kappa shape index (κ3) is 2.65. The highest BCUT2D eigenvalue weighted by Crippen LogP contribution is 2.40. The number of amides is 1. The Kier molecular flexibility index (Phi) is 4.11. The van der Waals surface area contributed by atoms with E-state index < -0.39 is 30.8 Å². The molecular weight excluding hydrogens is 369 g/mol. The van der Waals surface area contributed by atoms with Crippen molar-refractivity contribution in [3.8, 4) is 0 Å². The summed E-state index contributed by atoms with van der Waals surface area (Å²) in [6.45, 7) is 4.24. The van der Waals surface area contributed by atoms with Gasteiger partial charge in [0.1, 0.15) is 6.54 Å². The monoisotopic (exact) mass is 382 g/mol. The lowest BCUT2D eigenvalue weighted by Gasteiger charge is -2.32. The van der Waals surface area contributed by atoms with E-state index in [1.54, 1.807) is 13.8 Å². The van der Waals surface area contributed by atoms with Crippen LogP contribution in [0.4, 0.5) is 13.2 Å². The molecule has 0 saturated heterocycles. The van der Waals surface area contributed by atoms with Gasteiger partial charge in [-0.15, -0.1) is 0 Å². The van der Waals surface area contributed by atoms with Gasteiger partial charge in [0.25, 0.3) is 11.6 Å². The summed E-state index contributed by atoms with van der Waals surface area (Å²) in [6, 6.07) is 0. The van der Waals surface area contributed by atoms with Gasteiger partial charge in [-0.2, -0.15) is 28.4 Å². The van der Waals surface area contributed by atoms with Crippen LogP contribution in [0.2, 0.25) is 0 Å². The fourth-order valence-corrected chi connectivity index (χ4v) is 2.51. The molecule has 22 heavy (non-hydrogen) atoms. The topological polar surface area (TPSA) is 70.7 Å². The minimum absolute atomic E-state index is 0.0303. The van der Waals surface area contributed by atoms with Gasteiger partial charge in [0.05, 0.1) is 15.9 Å². The molecule has 10 heteroatoms. The van der Waals surface area contributed by atoms with Gasteiger partial charge >= 0.3 is 6.18 Å². The van der Waals surface area contributed by atoms with Gasteiger partial charge in [-0.1, -0.05) is 0 Å². The predicted octanol–water partition coefficient (Wildman–Crippen LogP) is 2.12. The summed E-state index contributed by atoms with van der Waals surface area (Å²) in [6.07, 6.45) is -5.76. The summed E-state index contributed by atoms with van der Waals surface area (Å²) in [5, 5.41) is 17.6. The highest BCUT2D eigenvalue weighted by Gasteiger charge is 2.62. The number of nitrogens with zero attached hydrogens (tertiary/aromatic N) is 4. The highest BCUT2D eigenvalue weighted by atomic mass is 79.9. The number of carbonyl (C=O) groups is 1. The van der Waals surface area contributed by atoms with E-state index in [1.165, 1.54) is 11.6 Å². The molecule has 0 aliphatic carbocycles. The molecule has 0 aromatic carbocycles. The zero-order valence-corrected chi connectivity index (χ0v) is 13.7. The van der Waals surface area contributed by atoms with E-state index in [0.717, 1.165) is 0 Å². The van der Waals surface area contributed by atoms with Crippen LogP contribution in [0.5, 0.6) is 0 Å². The summed E-state index contributed by atoms with van der Waals surface area (Å²) in [7, 11) is 0. The van der Waals surface area contributed by atoms with Crippen molar-refractivity contribution in [3.63, 3.8) is 0 Å². The Morgan fingerprint density at radius 3 is 2.45 bits per heavy atom. The average Bonchev–Trinajstić information content (AvgIpc) is 2.82. The van der Waals surface area contributed by atoms with Crippen molar-refractivity contribution >= 4 is 27.5 Å². The molecule has 0 fully saturated rings. The maximum atomic E-state index is 13.1. The predicted molar refractivity (Wildman–Crippen MR) is 75.0 cm³/mol. The van der Waals surface area contributed by atoms with Crippen LogP contribution in [-0.4, -0.2) is 43.4 Å². The van der Waals surface area contributed by atoms with E-state index in [-0.39, 0.29) is 10.7 Å². The van der Waals surface area contributed by atoms with Crippen LogP contribution < -0.4 is 0 Å². The minimum atomic E-state index is -5.00. The Balaban J connectivity index is 2.30. The first-order valence-electron chi connectivity index (χ1n) is 6.33. The minimum Gasteiger partial charge on any atom is -0.362 e. The van der Waals surface area contributed by atoms with E-state index >= 15 is 0 Å². The number of rotatable bonds is 2. The molecule has 2 rings (SSSR count). The van der Waals surface area contributed by atoms with Crippen LogP contribution in [0.3, 0.4) is 0 Å². The van der Waals surface area contributed by atoms with Gasteiger partial charge < -0.3 is 5.11 Å². The van der Waals surface area contributed by atoms with Crippen LogP contribution in [0.25, 0.3) is 0 Å². The van der Waals surface area contributed by atoms with Crippen LogP contribution in [0, 0.1) is 13.8 Å². The van der Waals surface area contributed by atoms with Crippen molar-refractivity contribution < 1.29 is 23.1 Å². The number of hydrogen-bond acceptors (Lipinski definition) is 4. The maximum absolute atomic E-state index is 13.1. The number of hydrogen-bond donors (Lipinski definition) is 1. The molecule has 2 heterocycles. The van der Waals surface area contributed by atoms with Gasteiger partial charge in [-0.25, -0.2) is 0 Å². The van der Waals surface area contributed by atoms with Gasteiger partial charge in [-0.3, -0.25) is 9.48 Å². The number of carbonyl (C=O) groups excluding carboxylic acids is 1. The Morgan fingerprint density at radius 1 is 1.41 bits per heavy atom. The van der Waals surface area contributed by atoms with Crippen LogP contribution in [0.15, 0.2) is 9.57 Å². The number of aromatic nitrogens is 2. The van der Waals surface area contributed by atoms with Gasteiger partial charge in [-0.05, 0) is 36.7 Å². The first-order chi connectivity index (χ1) is 9.97. The lowest BCUT2D eigenvalue weighted by atomic mass is 10.1. The quantitative estimate of drug-likeness (QED) is 0.851. The second-order valence-corrected chi connectivity index (χ2v) is 5.97. The summed E-state index contributed by atoms with van der Waals surface area (Å²) in [4.78, 5) is 12.2. The van der Waals surface area contributed by atoms with Crippen molar-refractivity contribution in [3.05, 3.63) is 15.9 Å². The number of hydrazone groups is 1. The molecule has 1 atom stereocenters. The number of aryl methyl sites for hydroxylation is 1. The lowest BCUT2D eigenvalue weighted by molar-refractivity contribution is -0.302. The summed E-state index contributed by atoms with van der Waals surface area (Å²) in [5.74, 6) is -0.991. The second-order valence-electron chi connectivity index (χ2n) is 5.17. The molecule has 1 aromatic heterocycles. The molecule has 0 bridgehead atoms. The fourth-order valence-electron chi connectivity index (χ4n) is 2.23. The van der Waals surface area contributed by atoms with E-state index in [1.807, 2.05) is 0 Å². The lowest BCUT2D eigenvalue weighted by Crippen LogP contribution is -2.57. The molecule has 0 spiro atoms. The van der Waals surface area contributed by atoms with E-state index in [9.17, 15) is 23.1 Å². The smallest absolute Gasteiger partial charge is 0.362 e. The van der Waals surface area contributed by atoms with Gasteiger partial charge in [0.15, 0.2) is 0 Å². The SMILES string of the molecule is CC1=NN(C(=O)Cn2nc(C)c(Br)c2C)[C@](O)(C(F)(F)F)C1. The second kappa shape index (κ2) is 5.34. The van der Waals surface area contributed by atoms with E-state index in [2.05, 4.69) is 26.1 Å². The molecule has 0 saturated carbocycles. The molecule has 1 aliphatic rings. The number of aliphatic hydroxyl groups is 1. The van der Waals surface area contributed by atoms with Crippen molar-refractivity contribution in [2.75, 3.05) is 0 Å². The highest BCUT2D eigenvalue weighted by molar-refractivity contribution is 9.10. The largest absolute Gasteiger partial charge is 0.438 e. The molecule has 6 nitrogen and oxygen atoms in total. The first-order valence-corrected chi connectivity index (χ1v) is 7.12. The molecule has 1 aliphatic heterocycles. The van der Waals surface area contributed by atoms with E-state index in [4.69, 9.17) is 0 Å². The van der Waals surface area contributed by atoms with Gasteiger partial charge in [0.2, 0.25) is 0 Å². The van der Waals surface area contributed by atoms with Crippen LogP contribution in [-0.2, 0) is 11.3 Å². The van der Waals surface area contributed by atoms with Crippen molar-refractivity contribution in [1.29, 1.82) is 0 Å². The Labute approximate surface area is 132 Å². The molecule has 0 unspecified atom stereocenters. The van der Waals surface area contributed by atoms with Gasteiger partial charge in [0, 0.05) is 12.1 Å². The molecular formula is C12H14BrF3N4O2. The Hall–Kier alpha value is -1.42. The molecule has 122 valence electrons. The zero-order valence-electron chi connectivity index (χ0n) is 12.1. The van der Waals surface area contributed by atoms with E-state index in [0.29, 0.717) is 15.9 Å². The zero-order chi connectivity index (χ0) is 16.9. The molecule has 1 N–H and O–H groups in total. The van der Waals surface area contributed by atoms with Crippen molar-refractivity contribution in [1.82, 2.24) is 14.8 Å². The maximum Gasteiger partial charge on any atom is 0.438 e. The molecule has 0 radical (unpaired) electrons. The standard InChI is InChI=1S/C12H14BrF3N4O2/c1-6-4-11(22,12(14,15)16)20(17-6)9(21)5-19-8(3)10(13)7(2)18-19/h22H,4-5H2,1-3H3/t11-/m1/s1. The molecule has 1 aromatic rings. The molecule has 1 amide bonds. The Bertz CT molecular complexity index is 656. The van der Waals surface area contributed by atoms with Crippen LogP contribution in [0.1, 0.15) is 24.7 Å². The third-order valence-corrected chi connectivity index (χ3v) is 4.54. The first kappa shape index (κ1) is 16.9. The number of alkyl halides is 3.